The number of rotatable bonds is 3. The van der Waals surface area contributed by atoms with E-state index < -0.39 is 0 Å². The first kappa shape index (κ1) is 10.5. The molecule has 2 heteroatoms. The third-order valence-electron chi connectivity index (χ3n) is 2.27. The van der Waals surface area contributed by atoms with Gasteiger partial charge in [-0.15, -0.1) is 0 Å². The number of benzene rings is 1. The first-order valence-electron chi connectivity index (χ1n) is 4.53. The molecular formula is C11H16NSi. The van der Waals surface area contributed by atoms with Gasteiger partial charge in [-0.1, -0.05) is 43.3 Å². The number of likely N-dealkylation sites (N-methyl/N-ethyl adjacent to an activating group) is 1. The molecule has 1 aromatic carbocycles. The summed E-state index contributed by atoms with van der Waals surface area (Å²) in [4.78, 5) is 0. The second-order valence-electron chi connectivity index (χ2n) is 3.96. The maximum absolute atomic E-state index is 3.63. The highest BCUT2D eigenvalue weighted by Crippen LogP contribution is 2.19. The normalized spacial score (nSPS) is 11.7. The summed E-state index contributed by atoms with van der Waals surface area (Å²) in [6, 6.07) is 8.38. The summed E-state index contributed by atoms with van der Waals surface area (Å²) >= 11 is 0. The van der Waals surface area contributed by atoms with Crippen LogP contribution >= 0.6 is 0 Å². The molecule has 0 aromatic heterocycles. The SMILES string of the molecule is CNCC(C)(C)c1ccccc1[Si]. The number of nitrogens with one attached hydrogen (secondary N) is 1. The van der Waals surface area contributed by atoms with Crippen LogP contribution in [0.2, 0.25) is 0 Å². The number of hydrogen-bond donors (Lipinski definition) is 1. The molecule has 1 nitrogen and oxygen atoms in total. The molecule has 0 bridgehead atoms. The van der Waals surface area contributed by atoms with E-state index in [1.807, 2.05) is 13.1 Å². The molecule has 1 rings (SSSR count). The Bertz CT molecular complexity index is 281. The van der Waals surface area contributed by atoms with E-state index in [2.05, 4.69) is 47.6 Å². The average molecular weight is 190 g/mol. The van der Waals surface area contributed by atoms with Crippen molar-refractivity contribution in [3.8, 4) is 0 Å². The van der Waals surface area contributed by atoms with Crippen molar-refractivity contribution < 1.29 is 0 Å². The van der Waals surface area contributed by atoms with Crippen LogP contribution in [0.25, 0.3) is 0 Å². The van der Waals surface area contributed by atoms with Crippen LogP contribution in [0.4, 0.5) is 0 Å². The van der Waals surface area contributed by atoms with E-state index in [4.69, 9.17) is 0 Å². The third-order valence-corrected chi connectivity index (χ3v) is 2.71. The van der Waals surface area contributed by atoms with Gasteiger partial charge in [0.05, 0.1) is 10.2 Å². The quantitative estimate of drug-likeness (QED) is 0.701. The monoisotopic (exact) mass is 190 g/mol. The van der Waals surface area contributed by atoms with Crippen molar-refractivity contribution in [2.45, 2.75) is 19.3 Å². The second kappa shape index (κ2) is 4.07. The molecule has 1 N–H and O–H groups in total. The van der Waals surface area contributed by atoms with Crippen LogP contribution in [0.5, 0.6) is 0 Å². The predicted molar refractivity (Wildman–Crippen MR) is 58.8 cm³/mol. The molecule has 13 heavy (non-hydrogen) atoms. The van der Waals surface area contributed by atoms with Crippen molar-refractivity contribution in [2.75, 3.05) is 13.6 Å². The first-order chi connectivity index (χ1) is 6.08. The minimum atomic E-state index is 0.174. The molecule has 3 radical (unpaired) electrons. The lowest BCUT2D eigenvalue weighted by Gasteiger charge is -2.26. The van der Waals surface area contributed by atoms with Crippen LogP contribution in [0.15, 0.2) is 24.3 Å². The summed E-state index contributed by atoms with van der Waals surface area (Å²) < 4.78 is 0. The van der Waals surface area contributed by atoms with E-state index in [9.17, 15) is 0 Å². The van der Waals surface area contributed by atoms with Crippen LogP contribution in [-0.2, 0) is 5.41 Å². The largest absolute Gasteiger partial charge is 0.319 e. The van der Waals surface area contributed by atoms with Gasteiger partial charge in [-0.05, 0) is 12.6 Å². The number of hydrogen-bond acceptors (Lipinski definition) is 1. The zero-order valence-electron chi connectivity index (χ0n) is 8.52. The second-order valence-corrected chi connectivity index (χ2v) is 4.50. The Morgan fingerprint density at radius 3 is 2.46 bits per heavy atom. The summed E-state index contributed by atoms with van der Waals surface area (Å²) in [6.45, 7) is 5.46. The van der Waals surface area contributed by atoms with Gasteiger partial charge in [0.1, 0.15) is 0 Å². The summed E-state index contributed by atoms with van der Waals surface area (Å²) in [5.41, 5.74) is 1.52. The van der Waals surface area contributed by atoms with Gasteiger partial charge in [-0.2, -0.15) is 0 Å². The highest BCUT2D eigenvalue weighted by atomic mass is 28.1. The van der Waals surface area contributed by atoms with E-state index in [-0.39, 0.29) is 5.41 Å². The maximum Gasteiger partial charge on any atom is 0.0716 e. The van der Waals surface area contributed by atoms with Gasteiger partial charge < -0.3 is 5.32 Å². The van der Waals surface area contributed by atoms with Gasteiger partial charge in [0.25, 0.3) is 0 Å². The third kappa shape index (κ3) is 2.42. The zero-order chi connectivity index (χ0) is 9.90. The molecule has 0 saturated carbocycles. The van der Waals surface area contributed by atoms with Crippen molar-refractivity contribution in [3.63, 3.8) is 0 Å². The summed E-state index contributed by atoms with van der Waals surface area (Å²) in [7, 11) is 5.61. The molecule has 0 aliphatic heterocycles. The van der Waals surface area contributed by atoms with Crippen LogP contribution in [-0.4, -0.2) is 23.8 Å². The Hall–Kier alpha value is -0.603. The van der Waals surface area contributed by atoms with Gasteiger partial charge in [0, 0.05) is 12.0 Å². The molecular weight excluding hydrogens is 174 g/mol. The molecule has 0 amide bonds. The van der Waals surface area contributed by atoms with E-state index in [1.165, 1.54) is 10.8 Å². The predicted octanol–water partition coefficient (Wildman–Crippen LogP) is 0.977. The minimum Gasteiger partial charge on any atom is -0.319 e. The smallest absolute Gasteiger partial charge is 0.0716 e. The first-order valence-corrected chi connectivity index (χ1v) is 5.03. The molecule has 1 aromatic rings. The van der Waals surface area contributed by atoms with E-state index >= 15 is 0 Å². The Morgan fingerprint density at radius 2 is 1.92 bits per heavy atom. The van der Waals surface area contributed by atoms with Gasteiger partial charge >= 0.3 is 0 Å². The zero-order valence-corrected chi connectivity index (χ0v) is 9.52. The van der Waals surface area contributed by atoms with Gasteiger partial charge in [-0.3, -0.25) is 0 Å². The van der Waals surface area contributed by atoms with E-state index in [1.54, 1.807) is 0 Å². The summed E-state index contributed by atoms with van der Waals surface area (Å²) in [5, 5.41) is 4.40. The van der Waals surface area contributed by atoms with E-state index in [0.29, 0.717) is 0 Å². The molecule has 0 saturated heterocycles. The molecule has 0 fully saturated rings. The van der Waals surface area contributed by atoms with Crippen molar-refractivity contribution in [1.82, 2.24) is 5.32 Å². The van der Waals surface area contributed by atoms with E-state index in [0.717, 1.165) is 6.54 Å². The Labute approximate surface area is 84.0 Å². The minimum absolute atomic E-state index is 0.174. The lowest BCUT2D eigenvalue weighted by atomic mass is 9.84. The van der Waals surface area contributed by atoms with Crippen LogP contribution < -0.4 is 10.5 Å². The Balaban J connectivity index is 2.99. The lowest BCUT2D eigenvalue weighted by molar-refractivity contribution is 0.497. The van der Waals surface area contributed by atoms with Crippen molar-refractivity contribution in [3.05, 3.63) is 29.8 Å². The van der Waals surface area contributed by atoms with Gasteiger partial charge in [-0.25, -0.2) is 0 Å². The van der Waals surface area contributed by atoms with Crippen LogP contribution in [0.3, 0.4) is 0 Å². The van der Waals surface area contributed by atoms with Crippen molar-refractivity contribution in [1.29, 1.82) is 0 Å². The highest BCUT2D eigenvalue weighted by Gasteiger charge is 2.20. The molecule has 69 valence electrons. The maximum atomic E-state index is 3.63. The fourth-order valence-electron chi connectivity index (χ4n) is 1.61. The molecule has 0 spiro atoms. The Kier molecular flexibility index (Phi) is 3.28. The lowest BCUT2D eigenvalue weighted by Crippen LogP contribution is -2.35. The summed E-state index contributed by atoms with van der Waals surface area (Å²) in [6.07, 6.45) is 0. The molecule has 0 aliphatic carbocycles. The Morgan fingerprint density at radius 1 is 1.31 bits per heavy atom. The molecule has 0 atom stereocenters. The molecule has 0 heterocycles. The average Bonchev–Trinajstić information content (AvgIpc) is 2.04. The molecule has 0 aliphatic rings. The fourth-order valence-corrected chi connectivity index (χ4v) is 2.13. The van der Waals surface area contributed by atoms with Gasteiger partial charge in [0.15, 0.2) is 0 Å². The standard InChI is InChI=1S/C11H16NSi/c1-11(2,8-12-3)9-6-4-5-7-10(9)13/h4-7,12H,8H2,1-3H3. The summed E-state index contributed by atoms with van der Waals surface area (Å²) in [5.74, 6) is 0. The van der Waals surface area contributed by atoms with Crippen LogP contribution in [0, 0.1) is 0 Å². The van der Waals surface area contributed by atoms with Crippen LogP contribution in [0.1, 0.15) is 19.4 Å². The van der Waals surface area contributed by atoms with Crippen molar-refractivity contribution in [2.24, 2.45) is 0 Å². The fraction of sp³-hybridized carbons (Fsp3) is 0.455. The highest BCUT2D eigenvalue weighted by molar-refractivity contribution is 6.33. The molecule has 0 unspecified atom stereocenters. The topological polar surface area (TPSA) is 12.0 Å². The van der Waals surface area contributed by atoms with Crippen molar-refractivity contribution >= 4 is 15.4 Å². The van der Waals surface area contributed by atoms with Gasteiger partial charge in [0.2, 0.25) is 0 Å².